The summed E-state index contributed by atoms with van der Waals surface area (Å²) < 4.78 is 33.2. The number of aliphatic hydroxyl groups excluding tert-OH is 6. The van der Waals surface area contributed by atoms with Crippen molar-refractivity contribution < 1.29 is 136 Å². The Morgan fingerprint density at radius 3 is 1.28 bits per heavy atom. The Kier molecular flexibility index (Phi) is 16.9. The minimum absolute atomic E-state index is 0.0277. The molecular weight excluding hydrogens is 1400 g/mol. The second-order valence-electron chi connectivity index (χ2n) is 27.5. The Morgan fingerprint density at radius 1 is 0.383 bits per heavy atom. The number of phenolic OH excluding ortho intramolecular Hbond substituents is 15. The van der Waals surface area contributed by atoms with Crippen LogP contribution in [0.25, 0.3) is 0 Å². The number of hydrogen-bond acceptors (Lipinski definition) is 29. The molecule has 107 heavy (non-hydrogen) atoms. The molecule has 9 aromatic rings. The van der Waals surface area contributed by atoms with Crippen molar-refractivity contribution in [2.24, 2.45) is 5.18 Å². The minimum atomic E-state index is -2.30. The van der Waals surface area contributed by atoms with Crippen molar-refractivity contribution in [1.82, 2.24) is 0 Å². The molecule has 12 unspecified atom stereocenters. The number of aliphatic hydroxyl groups is 6. The van der Waals surface area contributed by atoms with Gasteiger partial charge in [0.2, 0.25) is 0 Å². The third kappa shape index (κ3) is 11.3. The van der Waals surface area contributed by atoms with Crippen molar-refractivity contribution in [3.05, 3.63) is 227 Å². The molecule has 0 aromatic heterocycles. The maximum Gasteiger partial charge on any atom is 0.170 e. The fraction of sp³-hybridized carbons (Fsp3) is 0.244. The number of benzene rings is 9. The highest BCUT2D eigenvalue weighted by atomic mass is 16.5. The molecule has 29 nitrogen and oxygen atoms in total. The monoisotopic (exact) mass is 1470 g/mol. The van der Waals surface area contributed by atoms with Crippen molar-refractivity contribution in [3.8, 4) is 109 Å². The van der Waals surface area contributed by atoms with Crippen molar-refractivity contribution in [2.45, 2.75) is 118 Å². The molecule has 552 valence electrons. The van der Waals surface area contributed by atoms with Crippen LogP contribution in [0.15, 0.2) is 149 Å². The third-order valence-corrected chi connectivity index (χ3v) is 21.1. The number of phenols is 15. The highest BCUT2D eigenvalue weighted by Gasteiger charge is 2.56. The lowest BCUT2D eigenvalue weighted by Crippen LogP contribution is -2.43. The lowest BCUT2D eigenvalue weighted by Gasteiger charge is -2.45. The number of allylic oxidation sites excluding steroid dienone is 2. The number of rotatable bonds is 11. The molecule has 29 heteroatoms. The highest BCUT2D eigenvalue weighted by Crippen LogP contribution is 2.66. The van der Waals surface area contributed by atoms with Crippen LogP contribution in [0.2, 0.25) is 0 Å². The van der Waals surface area contributed by atoms with Crippen LogP contribution in [-0.4, -0.2) is 150 Å². The predicted molar refractivity (Wildman–Crippen MR) is 369 cm³/mol. The van der Waals surface area contributed by atoms with Gasteiger partial charge in [-0.15, -0.1) is 4.91 Å². The number of aromatic hydroxyl groups is 15. The summed E-state index contributed by atoms with van der Waals surface area (Å²) in [5, 5.41) is 254. The molecule has 0 fully saturated rings. The molecule has 9 aromatic carbocycles. The molecule has 5 heterocycles. The Bertz CT molecular complexity index is 5320. The molecule has 0 bridgehead atoms. The molecule has 14 atom stereocenters. The van der Waals surface area contributed by atoms with Crippen molar-refractivity contribution in [1.29, 1.82) is 0 Å². The maximum absolute atomic E-state index is 14.1. The first-order valence-electron chi connectivity index (χ1n) is 33.4. The van der Waals surface area contributed by atoms with Crippen LogP contribution in [-0.2, 0) is 16.0 Å². The van der Waals surface area contributed by atoms with Gasteiger partial charge in [-0.1, -0.05) is 42.5 Å². The van der Waals surface area contributed by atoms with Crippen LogP contribution >= 0.6 is 0 Å². The quantitative estimate of drug-likeness (QED) is 0.0423. The first-order chi connectivity index (χ1) is 50.9. The van der Waals surface area contributed by atoms with Gasteiger partial charge in [0.1, 0.15) is 129 Å². The van der Waals surface area contributed by atoms with Crippen LogP contribution in [0.5, 0.6) is 109 Å². The number of nitrogens with zero attached hydrogens (tertiary/aromatic N) is 1. The summed E-state index contributed by atoms with van der Waals surface area (Å²) in [6.07, 6.45) is -20.3. The molecule has 1 aliphatic carbocycles. The summed E-state index contributed by atoms with van der Waals surface area (Å²) in [7, 11) is 0. The Morgan fingerprint density at radius 2 is 0.794 bits per heavy atom. The summed E-state index contributed by atoms with van der Waals surface area (Å²) in [4.78, 5) is 28.1. The van der Waals surface area contributed by atoms with Gasteiger partial charge in [0.25, 0.3) is 0 Å². The molecule has 0 saturated heterocycles. The van der Waals surface area contributed by atoms with E-state index in [4.69, 9.17) is 23.7 Å². The zero-order valence-corrected chi connectivity index (χ0v) is 55.9. The topological polar surface area (TPSA) is 517 Å². The van der Waals surface area contributed by atoms with E-state index in [1.165, 1.54) is 36.4 Å². The number of carbonyl (C=O) groups excluding carboxylic acids is 1. The van der Waals surface area contributed by atoms with Crippen LogP contribution in [0.1, 0.15) is 139 Å². The van der Waals surface area contributed by atoms with Crippen molar-refractivity contribution in [3.63, 3.8) is 0 Å². The van der Waals surface area contributed by atoms with Gasteiger partial charge in [-0.2, -0.15) is 0 Å². The van der Waals surface area contributed by atoms with E-state index in [-0.39, 0.29) is 57.1 Å². The standard InChI is InChI=1S/C78H67NO28/c1-26-3-5-28(13-39(26)84)14-54-67(98)64(56-45(90)19-33(80)20-53(56)103-54)60-49(94)24-48(93)59-63(68(99)72(106-77(59)60)30-6-4-27(2)40(85)15-30)55-35(79-102)22-46(91)58-66(70(101)73(105-76(55)58)31-8-11-37(82)43(88)17-31)62-51(96)25-50(95)61-65(69(100)74(107-78(61)62)32-9-12-38(83)44(89)18-32)57-47(92)23-41(86)34-21-52(97)71(104-75(34)57)29-7-10-36(81)42(87)16-29/h3-13,15-20,22,24-25,52,54,63-74,80-85,87-101H,14,21,23H2,1-2H3/t52?,54?,63?,64?,65-,66?,67?,68?,69?,70-,71?,72?,73?,74?/m0/s1. The first-order valence-corrected chi connectivity index (χ1v) is 33.4. The molecular formula is C78H67NO28. The number of ether oxygens (including phenoxy) is 5. The fourth-order valence-electron chi connectivity index (χ4n) is 15.9. The second kappa shape index (κ2) is 25.9. The van der Waals surface area contributed by atoms with Gasteiger partial charge in [-0.05, 0) is 106 Å². The molecule has 0 amide bonds. The van der Waals surface area contributed by atoms with E-state index < -0.39 is 251 Å². The van der Waals surface area contributed by atoms with Crippen LogP contribution in [0, 0.1) is 18.8 Å². The molecule has 5 aliphatic heterocycles. The van der Waals surface area contributed by atoms with Gasteiger partial charge < -0.3 is 131 Å². The van der Waals surface area contributed by atoms with Crippen molar-refractivity contribution >= 4 is 11.5 Å². The smallest absolute Gasteiger partial charge is 0.170 e. The van der Waals surface area contributed by atoms with Gasteiger partial charge >= 0.3 is 0 Å². The van der Waals surface area contributed by atoms with E-state index in [9.17, 15) is 117 Å². The average molecular weight is 1470 g/mol. The fourth-order valence-corrected chi connectivity index (χ4v) is 15.9. The van der Waals surface area contributed by atoms with Gasteiger partial charge in [0.15, 0.2) is 58.6 Å². The number of carbonyl (C=O) groups is 1. The predicted octanol–water partition coefficient (Wildman–Crippen LogP) is 9.17. The summed E-state index contributed by atoms with van der Waals surface area (Å²) in [6.45, 7) is 3.19. The van der Waals surface area contributed by atoms with Crippen molar-refractivity contribution in [2.75, 3.05) is 0 Å². The molecule has 6 aliphatic rings. The summed E-state index contributed by atoms with van der Waals surface area (Å²) in [5.41, 5.74) is -4.65. The van der Waals surface area contributed by atoms with E-state index in [0.717, 1.165) is 66.7 Å². The molecule has 0 spiro atoms. The van der Waals surface area contributed by atoms with Crippen LogP contribution < -0.4 is 18.9 Å². The Labute approximate surface area is 603 Å². The average Bonchev–Trinajstić information content (AvgIpc) is 0.704. The zero-order valence-electron chi connectivity index (χ0n) is 55.9. The maximum atomic E-state index is 14.1. The number of ketones is 1. The summed E-state index contributed by atoms with van der Waals surface area (Å²) in [5.74, 6) is -23.1. The van der Waals surface area contributed by atoms with E-state index in [1.54, 1.807) is 26.0 Å². The number of hydrogen-bond donors (Lipinski definition) is 21. The van der Waals surface area contributed by atoms with Gasteiger partial charge in [-0.3, -0.25) is 4.79 Å². The third-order valence-electron chi connectivity index (χ3n) is 21.1. The normalized spacial score (nSPS) is 24.9. The minimum Gasteiger partial charge on any atom is -0.511 e. The van der Waals surface area contributed by atoms with E-state index >= 15 is 0 Å². The number of Topliss-reactive ketones (excluding diaryl/α,β-unsaturated/α-hetero) is 1. The molecule has 15 rings (SSSR count). The van der Waals surface area contributed by atoms with E-state index in [1.807, 2.05) is 0 Å². The van der Waals surface area contributed by atoms with Gasteiger partial charge in [0.05, 0.1) is 36.2 Å². The first kappa shape index (κ1) is 70.0. The Balaban J connectivity index is 0.994. The molecule has 21 N–H and O–H groups in total. The number of aryl methyl sites for hydroxylation is 2. The number of nitroso groups, excluding NO2 is 1. The second-order valence-corrected chi connectivity index (χ2v) is 27.5. The molecule has 0 radical (unpaired) electrons. The summed E-state index contributed by atoms with van der Waals surface area (Å²) >= 11 is 0. The van der Waals surface area contributed by atoms with Crippen LogP contribution in [0.4, 0.5) is 5.69 Å². The highest BCUT2D eigenvalue weighted by molar-refractivity contribution is 6.00. The van der Waals surface area contributed by atoms with E-state index in [0.29, 0.717) is 22.8 Å². The number of fused-ring (bicyclic) bond motifs is 4. The van der Waals surface area contributed by atoms with Gasteiger partial charge in [-0.25, -0.2) is 0 Å². The Hall–Kier alpha value is -12.7. The lowest BCUT2D eigenvalue weighted by molar-refractivity contribution is -0.118. The van der Waals surface area contributed by atoms with E-state index in [2.05, 4.69) is 5.18 Å². The summed E-state index contributed by atoms with van der Waals surface area (Å²) in [6, 6.07) is 22.6. The largest absolute Gasteiger partial charge is 0.511 e. The van der Waals surface area contributed by atoms with Crippen LogP contribution in [0.3, 0.4) is 0 Å². The SMILES string of the molecule is Cc1ccc(CC2Oc3cc(O)cc(O)c3C(c3c(O)cc(O)c4c3OC(c3ccc(C)c(O)c3)C(O)C4c3c(N=O)cc(O)c4c3OC(c3ccc(O)c(O)c3)[C@@H](O)C4c3c(O)cc(O)c4c3OC(c3ccc(O)c(O)c3)C(O)[C@H]4C3=C(O)CC(=O)C4=C3OC(c3ccc(O)c(O)c3)C(O)C4)C2O)cc1O. The van der Waals surface area contributed by atoms with Gasteiger partial charge in [0, 0.05) is 93.3 Å². The molecule has 0 saturated carbocycles. The zero-order chi connectivity index (χ0) is 76.1. The lowest BCUT2D eigenvalue weighted by atomic mass is 9.70.